The number of hydrogen-bond acceptors (Lipinski definition) is 5. The van der Waals surface area contributed by atoms with E-state index in [9.17, 15) is 9.59 Å². The van der Waals surface area contributed by atoms with E-state index < -0.39 is 0 Å². The van der Waals surface area contributed by atoms with E-state index in [0.717, 1.165) is 33.0 Å². The molecule has 138 valence electrons. The lowest BCUT2D eigenvalue weighted by molar-refractivity contribution is 0.0977. The Morgan fingerprint density at radius 1 is 1.25 bits per heavy atom. The van der Waals surface area contributed by atoms with Crippen molar-refractivity contribution in [2.24, 2.45) is 5.92 Å². The largest absolute Gasteiger partial charge is 0.496 e. The highest BCUT2D eigenvalue weighted by molar-refractivity contribution is 7.17. The zero-order chi connectivity index (χ0) is 19.4. The molecule has 3 aromatic heterocycles. The summed E-state index contributed by atoms with van der Waals surface area (Å²) in [6, 6.07) is 5.71. The first-order valence-corrected chi connectivity index (χ1v) is 9.75. The Kier molecular flexibility index (Phi) is 3.70. The Hall–Kier alpha value is -3.25. The highest BCUT2D eigenvalue weighted by Gasteiger charge is 2.24. The number of rotatable bonds is 4. The van der Waals surface area contributed by atoms with Crippen LogP contribution in [0.4, 0.5) is 0 Å². The molecule has 0 amide bonds. The molecule has 6 heteroatoms. The SMILES string of the molecule is COc1cc(C)c2[nH]c(=O)c3sccc3c2c1-c1cncc(C(=O)C2C=C2)c1. The summed E-state index contributed by atoms with van der Waals surface area (Å²) in [6.07, 6.45) is 7.07. The van der Waals surface area contributed by atoms with Gasteiger partial charge >= 0.3 is 0 Å². The average Bonchev–Trinajstić information content (AvgIpc) is 3.44. The summed E-state index contributed by atoms with van der Waals surface area (Å²) in [6.45, 7) is 1.94. The smallest absolute Gasteiger partial charge is 0.266 e. The lowest BCUT2D eigenvalue weighted by atomic mass is 9.94. The van der Waals surface area contributed by atoms with Crippen LogP contribution in [-0.4, -0.2) is 22.9 Å². The lowest BCUT2D eigenvalue weighted by Crippen LogP contribution is -2.07. The molecule has 0 saturated carbocycles. The molecule has 0 atom stereocenters. The number of Topliss-reactive ketones (excluding diaryl/α,β-unsaturated/α-hetero) is 1. The molecule has 1 aliphatic carbocycles. The van der Waals surface area contributed by atoms with Crippen molar-refractivity contribution in [2.75, 3.05) is 7.11 Å². The Morgan fingerprint density at radius 2 is 2.07 bits per heavy atom. The van der Waals surface area contributed by atoms with Crippen LogP contribution in [0.1, 0.15) is 15.9 Å². The normalized spacial score (nSPS) is 13.4. The number of ketones is 1. The third-order valence-corrected chi connectivity index (χ3v) is 6.00. The second kappa shape index (κ2) is 6.14. The van der Waals surface area contributed by atoms with E-state index in [1.54, 1.807) is 19.5 Å². The quantitative estimate of drug-likeness (QED) is 0.413. The molecule has 0 fully saturated rings. The summed E-state index contributed by atoms with van der Waals surface area (Å²) in [5, 5.41) is 3.69. The Morgan fingerprint density at radius 3 is 2.82 bits per heavy atom. The van der Waals surface area contributed by atoms with Crippen LogP contribution in [0, 0.1) is 12.8 Å². The average molecular weight is 388 g/mol. The van der Waals surface area contributed by atoms with Gasteiger partial charge in [0.2, 0.25) is 0 Å². The number of carbonyl (C=O) groups excluding carboxylic acids is 1. The molecule has 4 aromatic rings. The van der Waals surface area contributed by atoms with E-state index in [4.69, 9.17) is 4.74 Å². The molecule has 0 bridgehead atoms. The van der Waals surface area contributed by atoms with Crippen LogP contribution in [0.3, 0.4) is 0 Å². The van der Waals surface area contributed by atoms with Gasteiger partial charge in [-0.1, -0.05) is 12.2 Å². The minimum Gasteiger partial charge on any atom is -0.496 e. The van der Waals surface area contributed by atoms with E-state index in [0.29, 0.717) is 16.0 Å². The lowest BCUT2D eigenvalue weighted by Gasteiger charge is -2.15. The van der Waals surface area contributed by atoms with Crippen molar-refractivity contribution in [1.82, 2.24) is 9.97 Å². The third kappa shape index (κ3) is 2.49. The van der Waals surface area contributed by atoms with Crippen LogP contribution in [0.5, 0.6) is 5.75 Å². The van der Waals surface area contributed by atoms with Gasteiger partial charge in [-0.05, 0) is 36.1 Å². The first-order valence-electron chi connectivity index (χ1n) is 8.87. The molecule has 0 saturated heterocycles. The van der Waals surface area contributed by atoms with Crippen molar-refractivity contribution in [3.8, 4) is 16.9 Å². The third-order valence-electron chi connectivity index (χ3n) is 5.09. The predicted molar refractivity (Wildman–Crippen MR) is 111 cm³/mol. The topological polar surface area (TPSA) is 72.1 Å². The molecule has 0 unspecified atom stereocenters. The van der Waals surface area contributed by atoms with Gasteiger partial charge in [-0.3, -0.25) is 14.6 Å². The number of aromatic nitrogens is 2. The molecule has 28 heavy (non-hydrogen) atoms. The number of aromatic amines is 1. The molecule has 5 nitrogen and oxygen atoms in total. The molecule has 3 heterocycles. The zero-order valence-corrected chi connectivity index (χ0v) is 16.1. The molecule has 5 rings (SSSR count). The Bertz CT molecular complexity index is 1360. The number of nitrogens with one attached hydrogen (secondary N) is 1. The van der Waals surface area contributed by atoms with Crippen LogP contribution in [0.25, 0.3) is 32.1 Å². The van der Waals surface area contributed by atoms with Gasteiger partial charge in [0.25, 0.3) is 5.56 Å². The molecule has 0 spiro atoms. The monoisotopic (exact) mass is 388 g/mol. The van der Waals surface area contributed by atoms with E-state index in [1.165, 1.54) is 11.3 Å². The van der Waals surface area contributed by atoms with E-state index in [2.05, 4.69) is 9.97 Å². The van der Waals surface area contributed by atoms with Crippen LogP contribution in [-0.2, 0) is 0 Å². The molecule has 1 aliphatic rings. The molecule has 0 aliphatic heterocycles. The van der Waals surface area contributed by atoms with Gasteiger partial charge in [-0.25, -0.2) is 0 Å². The van der Waals surface area contributed by atoms with E-state index >= 15 is 0 Å². The summed E-state index contributed by atoms with van der Waals surface area (Å²) in [7, 11) is 1.62. The molecule has 1 N–H and O–H groups in total. The van der Waals surface area contributed by atoms with Gasteiger partial charge in [0, 0.05) is 39.9 Å². The molecular formula is C22H16N2O3S. The van der Waals surface area contributed by atoms with Crippen molar-refractivity contribution >= 4 is 38.1 Å². The predicted octanol–water partition coefficient (Wildman–Crippen LogP) is 4.49. The summed E-state index contributed by atoms with van der Waals surface area (Å²) in [5.74, 6) is 0.605. The van der Waals surface area contributed by atoms with Crippen molar-refractivity contribution < 1.29 is 9.53 Å². The van der Waals surface area contributed by atoms with Gasteiger partial charge in [0.15, 0.2) is 5.78 Å². The first-order chi connectivity index (χ1) is 13.6. The van der Waals surface area contributed by atoms with Crippen molar-refractivity contribution in [1.29, 1.82) is 0 Å². The number of benzene rings is 1. The van der Waals surface area contributed by atoms with Gasteiger partial charge in [-0.15, -0.1) is 11.3 Å². The highest BCUT2D eigenvalue weighted by Crippen LogP contribution is 2.41. The minimum absolute atomic E-state index is 0.0406. The van der Waals surface area contributed by atoms with Gasteiger partial charge in [-0.2, -0.15) is 0 Å². The number of ether oxygens (including phenoxy) is 1. The summed E-state index contributed by atoms with van der Waals surface area (Å²) >= 11 is 1.41. The van der Waals surface area contributed by atoms with Gasteiger partial charge in [0.1, 0.15) is 10.4 Å². The molecule has 1 aromatic carbocycles. The number of nitrogens with zero attached hydrogens (tertiary/aromatic N) is 1. The maximum Gasteiger partial charge on any atom is 0.266 e. The van der Waals surface area contributed by atoms with Crippen molar-refractivity contribution in [3.63, 3.8) is 0 Å². The van der Waals surface area contributed by atoms with Crippen molar-refractivity contribution in [3.05, 3.63) is 69.6 Å². The second-order valence-corrected chi connectivity index (χ2v) is 7.79. The molecular weight excluding hydrogens is 372 g/mol. The van der Waals surface area contributed by atoms with Crippen LogP contribution in [0.2, 0.25) is 0 Å². The summed E-state index contributed by atoms with van der Waals surface area (Å²) in [4.78, 5) is 32.3. The number of fused-ring (bicyclic) bond motifs is 3. The van der Waals surface area contributed by atoms with Crippen LogP contribution < -0.4 is 10.3 Å². The number of thiophene rings is 1. The van der Waals surface area contributed by atoms with Gasteiger partial charge in [0.05, 0.1) is 18.5 Å². The summed E-state index contributed by atoms with van der Waals surface area (Å²) < 4.78 is 6.36. The fourth-order valence-corrected chi connectivity index (χ4v) is 4.45. The highest BCUT2D eigenvalue weighted by atomic mass is 32.1. The fourth-order valence-electron chi connectivity index (χ4n) is 3.65. The standard InChI is InChI=1S/C22H16N2O3S/c1-11-7-16(27-2)17(13-8-14(10-23-9-13)20(25)12-3-4-12)18-15-5-6-28-21(15)22(26)24-19(11)18/h3-10,12H,1-2H3,(H,24,26). The number of H-pyrrole nitrogens is 1. The Balaban J connectivity index is 1.87. The minimum atomic E-state index is -0.117. The maximum absolute atomic E-state index is 12.5. The maximum atomic E-state index is 12.5. The first kappa shape index (κ1) is 16.9. The number of aryl methyl sites for hydroxylation is 1. The number of hydrogen-bond donors (Lipinski definition) is 1. The Labute approximate surface area is 164 Å². The van der Waals surface area contributed by atoms with E-state index in [-0.39, 0.29) is 17.3 Å². The second-order valence-electron chi connectivity index (χ2n) is 6.88. The number of carbonyl (C=O) groups is 1. The number of methoxy groups -OCH3 is 1. The van der Waals surface area contributed by atoms with Crippen LogP contribution in [0.15, 0.2) is 52.9 Å². The fraction of sp³-hybridized carbons (Fsp3) is 0.136. The number of pyridine rings is 2. The van der Waals surface area contributed by atoms with E-state index in [1.807, 2.05) is 42.7 Å². The van der Waals surface area contributed by atoms with Crippen molar-refractivity contribution in [2.45, 2.75) is 6.92 Å². The van der Waals surface area contributed by atoms with Gasteiger partial charge < -0.3 is 9.72 Å². The zero-order valence-electron chi connectivity index (χ0n) is 15.3. The summed E-state index contributed by atoms with van der Waals surface area (Å²) in [5.41, 5.74) is 3.77. The number of allylic oxidation sites excluding steroid dienone is 2. The van der Waals surface area contributed by atoms with Crippen LogP contribution >= 0.6 is 11.3 Å². The molecule has 0 radical (unpaired) electrons.